The van der Waals surface area contributed by atoms with Crippen molar-refractivity contribution in [3.8, 4) is 0 Å². The fourth-order valence-corrected chi connectivity index (χ4v) is 1.21. The van der Waals surface area contributed by atoms with Gasteiger partial charge in [0.15, 0.2) is 0 Å². The van der Waals surface area contributed by atoms with Crippen LogP contribution in [0.25, 0.3) is 0 Å². The molecule has 0 aromatic carbocycles. The van der Waals surface area contributed by atoms with E-state index in [9.17, 15) is 4.79 Å². The summed E-state index contributed by atoms with van der Waals surface area (Å²) in [6, 6.07) is 0. The number of nitrogens with zero attached hydrogens (tertiary/aromatic N) is 1. The third-order valence-corrected chi connectivity index (χ3v) is 2.24. The molecule has 4 nitrogen and oxygen atoms in total. The van der Waals surface area contributed by atoms with Gasteiger partial charge in [0, 0.05) is 25.6 Å². The van der Waals surface area contributed by atoms with Crippen LogP contribution in [-0.2, 0) is 4.79 Å². The van der Waals surface area contributed by atoms with Gasteiger partial charge in [0.2, 0.25) is 5.91 Å². The maximum absolute atomic E-state index is 11.7. The van der Waals surface area contributed by atoms with Crippen molar-refractivity contribution in [3.05, 3.63) is 0 Å². The van der Waals surface area contributed by atoms with E-state index in [4.69, 9.17) is 10.8 Å². The number of amides is 1. The van der Waals surface area contributed by atoms with Crippen LogP contribution < -0.4 is 5.73 Å². The Morgan fingerprint density at radius 2 is 2.14 bits per heavy atom. The number of hydrogen-bond acceptors (Lipinski definition) is 3. The topological polar surface area (TPSA) is 66.6 Å². The van der Waals surface area contributed by atoms with Crippen molar-refractivity contribution in [2.24, 2.45) is 11.7 Å². The zero-order valence-corrected chi connectivity index (χ0v) is 9.20. The van der Waals surface area contributed by atoms with Gasteiger partial charge in [0.05, 0.1) is 6.61 Å². The number of nitrogens with two attached hydrogens (primary N) is 1. The van der Waals surface area contributed by atoms with E-state index in [-0.39, 0.29) is 18.4 Å². The van der Waals surface area contributed by atoms with Gasteiger partial charge in [-0.25, -0.2) is 0 Å². The van der Waals surface area contributed by atoms with E-state index in [1.54, 1.807) is 4.90 Å². The van der Waals surface area contributed by atoms with Crippen LogP contribution in [0.4, 0.5) is 0 Å². The largest absolute Gasteiger partial charge is 0.395 e. The van der Waals surface area contributed by atoms with Gasteiger partial charge < -0.3 is 15.7 Å². The number of rotatable bonds is 7. The molecule has 1 amide bonds. The molecule has 0 aliphatic heterocycles. The highest BCUT2D eigenvalue weighted by atomic mass is 16.3. The molecule has 14 heavy (non-hydrogen) atoms. The van der Waals surface area contributed by atoms with Crippen LogP contribution in [0.5, 0.6) is 0 Å². The van der Waals surface area contributed by atoms with Crippen LogP contribution >= 0.6 is 0 Å². The monoisotopic (exact) mass is 202 g/mol. The number of hydrogen-bond donors (Lipinski definition) is 2. The van der Waals surface area contributed by atoms with Crippen molar-refractivity contribution in [3.63, 3.8) is 0 Å². The Kier molecular flexibility index (Phi) is 7.42. The highest BCUT2D eigenvalue weighted by Gasteiger charge is 2.17. The van der Waals surface area contributed by atoms with Gasteiger partial charge in [0.1, 0.15) is 0 Å². The Bertz CT molecular complexity index is 162. The van der Waals surface area contributed by atoms with Gasteiger partial charge in [-0.15, -0.1) is 0 Å². The summed E-state index contributed by atoms with van der Waals surface area (Å²) in [7, 11) is 0. The smallest absolute Gasteiger partial charge is 0.226 e. The normalized spacial score (nSPS) is 12.6. The predicted molar refractivity (Wildman–Crippen MR) is 56.8 cm³/mol. The summed E-state index contributed by atoms with van der Waals surface area (Å²) in [5, 5.41) is 8.81. The Morgan fingerprint density at radius 3 is 2.57 bits per heavy atom. The molecular formula is C10H22N2O2. The third kappa shape index (κ3) is 4.58. The van der Waals surface area contributed by atoms with Crippen molar-refractivity contribution in [1.29, 1.82) is 0 Å². The number of carbonyl (C=O) groups excluding carboxylic acids is 1. The molecule has 0 aliphatic rings. The van der Waals surface area contributed by atoms with Gasteiger partial charge in [-0.1, -0.05) is 20.3 Å². The lowest BCUT2D eigenvalue weighted by Gasteiger charge is -2.24. The summed E-state index contributed by atoms with van der Waals surface area (Å²) in [6.07, 6.45) is 2.02. The third-order valence-electron chi connectivity index (χ3n) is 2.24. The molecule has 0 fully saturated rings. The van der Waals surface area contributed by atoms with Crippen molar-refractivity contribution in [2.45, 2.75) is 26.7 Å². The van der Waals surface area contributed by atoms with Crippen LogP contribution in [-0.4, -0.2) is 42.2 Å². The van der Waals surface area contributed by atoms with E-state index in [1.807, 2.05) is 6.92 Å². The molecular weight excluding hydrogens is 180 g/mol. The molecule has 0 aromatic rings. The second kappa shape index (κ2) is 7.76. The maximum Gasteiger partial charge on any atom is 0.226 e. The standard InChI is InChI=1S/C10H22N2O2/c1-3-4-5-12(6-7-13)10(14)9(2)8-11/h9,13H,3-8,11H2,1-2H3. The van der Waals surface area contributed by atoms with Crippen LogP contribution in [0.15, 0.2) is 0 Å². The van der Waals surface area contributed by atoms with E-state index < -0.39 is 0 Å². The van der Waals surface area contributed by atoms with Gasteiger partial charge >= 0.3 is 0 Å². The molecule has 0 bridgehead atoms. The molecule has 1 atom stereocenters. The zero-order valence-electron chi connectivity index (χ0n) is 9.20. The second-order valence-electron chi connectivity index (χ2n) is 3.54. The quantitative estimate of drug-likeness (QED) is 0.620. The highest BCUT2D eigenvalue weighted by molar-refractivity contribution is 5.78. The molecule has 0 rings (SSSR count). The van der Waals surface area contributed by atoms with Gasteiger partial charge in [-0.05, 0) is 6.42 Å². The minimum absolute atomic E-state index is 0.0206. The Hall–Kier alpha value is -0.610. The maximum atomic E-state index is 11.7. The molecule has 0 heterocycles. The lowest BCUT2D eigenvalue weighted by Crippen LogP contribution is -2.40. The first-order valence-corrected chi connectivity index (χ1v) is 5.27. The van der Waals surface area contributed by atoms with Gasteiger partial charge in [-0.3, -0.25) is 4.79 Å². The zero-order chi connectivity index (χ0) is 11.0. The first-order valence-electron chi connectivity index (χ1n) is 5.27. The fourth-order valence-electron chi connectivity index (χ4n) is 1.21. The molecule has 1 unspecified atom stereocenters. The molecule has 0 saturated carbocycles. The predicted octanol–water partition coefficient (Wildman–Crippen LogP) is 0.202. The molecule has 0 aromatic heterocycles. The molecule has 84 valence electrons. The van der Waals surface area contributed by atoms with E-state index >= 15 is 0 Å². The average Bonchev–Trinajstić information content (AvgIpc) is 2.22. The van der Waals surface area contributed by atoms with Crippen molar-refractivity contribution < 1.29 is 9.90 Å². The van der Waals surface area contributed by atoms with E-state index in [1.165, 1.54) is 0 Å². The Labute approximate surface area is 86.1 Å². The molecule has 0 saturated heterocycles. The summed E-state index contributed by atoms with van der Waals surface area (Å²) in [5.41, 5.74) is 5.43. The molecule has 3 N–H and O–H groups in total. The lowest BCUT2D eigenvalue weighted by atomic mass is 10.1. The highest BCUT2D eigenvalue weighted by Crippen LogP contribution is 2.02. The van der Waals surface area contributed by atoms with Crippen molar-refractivity contribution in [2.75, 3.05) is 26.2 Å². The Balaban J connectivity index is 4.10. The van der Waals surface area contributed by atoms with Crippen molar-refractivity contribution in [1.82, 2.24) is 4.90 Å². The molecule has 0 radical (unpaired) electrons. The first kappa shape index (κ1) is 13.4. The van der Waals surface area contributed by atoms with Crippen LogP contribution in [0.1, 0.15) is 26.7 Å². The van der Waals surface area contributed by atoms with Gasteiger partial charge in [0.25, 0.3) is 0 Å². The van der Waals surface area contributed by atoms with Crippen molar-refractivity contribution >= 4 is 5.91 Å². The average molecular weight is 202 g/mol. The Morgan fingerprint density at radius 1 is 1.50 bits per heavy atom. The van der Waals surface area contributed by atoms with E-state index in [0.717, 1.165) is 19.4 Å². The SMILES string of the molecule is CCCCN(CCO)C(=O)C(C)CN. The van der Waals surface area contributed by atoms with Crippen LogP contribution in [0.2, 0.25) is 0 Å². The summed E-state index contributed by atoms with van der Waals surface area (Å²) in [4.78, 5) is 13.4. The number of unbranched alkanes of at least 4 members (excludes halogenated alkanes) is 1. The number of carbonyl (C=O) groups is 1. The minimum atomic E-state index is -0.140. The molecule has 0 aliphatic carbocycles. The fraction of sp³-hybridized carbons (Fsp3) is 0.900. The van der Waals surface area contributed by atoms with E-state index in [0.29, 0.717) is 13.1 Å². The summed E-state index contributed by atoms with van der Waals surface area (Å²) in [5.74, 6) is -0.0894. The summed E-state index contributed by atoms with van der Waals surface area (Å²) in [6.45, 7) is 5.43. The molecule has 4 heteroatoms. The lowest BCUT2D eigenvalue weighted by molar-refractivity contribution is -0.135. The minimum Gasteiger partial charge on any atom is -0.395 e. The van der Waals surface area contributed by atoms with Gasteiger partial charge in [-0.2, -0.15) is 0 Å². The number of aliphatic hydroxyl groups excluding tert-OH is 1. The second-order valence-corrected chi connectivity index (χ2v) is 3.54. The van der Waals surface area contributed by atoms with Crippen LogP contribution in [0, 0.1) is 5.92 Å². The first-order chi connectivity index (χ1) is 6.67. The summed E-state index contributed by atoms with van der Waals surface area (Å²) < 4.78 is 0. The number of aliphatic hydroxyl groups is 1. The summed E-state index contributed by atoms with van der Waals surface area (Å²) >= 11 is 0. The van der Waals surface area contributed by atoms with E-state index in [2.05, 4.69) is 6.92 Å². The van der Waals surface area contributed by atoms with Crippen LogP contribution in [0.3, 0.4) is 0 Å². The molecule has 0 spiro atoms.